The van der Waals surface area contributed by atoms with E-state index < -0.39 is 16.0 Å². The van der Waals surface area contributed by atoms with Crippen LogP contribution in [0.4, 0.5) is 5.69 Å². The van der Waals surface area contributed by atoms with E-state index in [4.69, 9.17) is 0 Å². The molecule has 0 aromatic heterocycles. The van der Waals surface area contributed by atoms with Gasteiger partial charge in [-0.05, 0) is 52.2 Å². The molecule has 2 aromatic rings. The van der Waals surface area contributed by atoms with E-state index in [0.29, 0.717) is 15.7 Å². The lowest BCUT2D eigenvalue weighted by molar-refractivity contribution is -0.255. The van der Waals surface area contributed by atoms with Gasteiger partial charge in [0.15, 0.2) is 0 Å². The van der Waals surface area contributed by atoms with Crippen LogP contribution in [0.15, 0.2) is 51.8 Å². The summed E-state index contributed by atoms with van der Waals surface area (Å²) >= 11 is 3.25. The molecule has 7 heteroatoms. The number of aromatic carboxylic acids is 1. The standard InChI is InChI=1S/C14H12BrNO4S/c1-9-6-7-10(14(17)18)8-13(9)21(19,20)16-12-5-3-2-4-11(12)15/h2-8,16H,1H3,(H,17,18)/p-1. The second kappa shape index (κ2) is 5.87. The molecule has 0 bridgehead atoms. The van der Waals surface area contributed by atoms with Crippen molar-refractivity contribution in [3.63, 3.8) is 0 Å². The number of carbonyl (C=O) groups is 1. The first kappa shape index (κ1) is 15.5. The Bertz CT molecular complexity index is 802. The molecule has 110 valence electrons. The second-order valence-electron chi connectivity index (χ2n) is 4.35. The number of anilines is 1. The van der Waals surface area contributed by atoms with Crippen molar-refractivity contribution in [2.75, 3.05) is 4.72 Å². The average Bonchev–Trinajstić information content (AvgIpc) is 2.41. The lowest BCUT2D eigenvalue weighted by Gasteiger charge is -2.13. The summed E-state index contributed by atoms with van der Waals surface area (Å²) in [7, 11) is -3.89. The van der Waals surface area contributed by atoms with E-state index in [1.807, 2.05) is 0 Å². The zero-order chi connectivity index (χ0) is 15.6. The van der Waals surface area contributed by atoms with Crippen LogP contribution >= 0.6 is 15.9 Å². The van der Waals surface area contributed by atoms with Gasteiger partial charge in [-0.15, -0.1) is 0 Å². The molecule has 0 saturated heterocycles. The normalized spacial score (nSPS) is 11.1. The smallest absolute Gasteiger partial charge is 0.262 e. The van der Waals surface area contributed by atoms with Gasteiger partial charge in [0.2, 0.25) is 0 Å². The Morgan fingerprint density at radius 3 is 2.48 bits per heavy atom. The number of hydrogen-bond acceptors (Lipinski definition) is 4. The fourth-order valence-corrected chi connectivity index (χ4v) is 3.63. The number of carboxylic acid groups (broad SMARTS) is 1. The number of para-hydroxylation sites is 1. The van der Waals surface area contributed by atoms with E-state index >= 15 is 0 Å². The van der Waals surface area contributed by atoms with Gasteiger partial charge in [-0.25, -0.2) is 8.42 Å². The molecule has 1 N–H and O–H groups in total. The lowest BCUT2D eigenvalue weighted by Crippen LogP contribution is -2.23. The molecule has 0 aliphatic rings. The highest BCUT2D eigenvalue weighted by Gasteiger charge is 2.18. The van der Waals surface area contributed by atoms with Crippen molar-refractivity contribution in [1.82, 2.24) is 0 Å². The Balaban J connectivity index is 2.47. The molecule has 21 heavy (non-hydrogen) atoms. The third kappa shape index (κ3) is 3.43. The van der Waals surface area contributed by atoms with Crippen LogP contribution in [-0.4, -0.2) is 14.4 Å². The molecule has 0 atom stereocenters. The Labute approximate surface area is 130 Å². The van der Waals surface area contributed by atoms with Crippen LogP contribution in [0.1, 0.15) is 15.9 Å². The number of halogens is 1. The second-order valence-corrected chi connectivity index (χ2v) is 6.86. The number of carbonyl (C=O) groups excluding carboxylic acids is 1. The van der Waals surface area contributed by atoms with Gasteiger partial charge in [0.1, 0.15) is 0 Å². The largest absolute Gasteiger partial charge is 0.545 e. The topological polar surface area (TPSA) is 86.3 Å². The van der Waals surface area contributed by atoms with Gasteiger partial charge < -0.3 is 9.90 Å². The molecule has 5 nitrogen and oxygen atoms in total. The molecule has 0 radical (unpaired) electrons. The highest BCUT2D eigenvalue weighted by atomic mass is 79.9. The first-order chi connectivity index (χ1) is 9.81. The zero-order valence-electron chi connectivity index (χ0n) is 11.0. The van der Waals surface area contributed by atoms with Gasteiger partial charge in [0, 0.05) is 4.47 Å². The van der Waals surface area contributed by atoms with Crippen LogP contribution < -0.4 is 9.83 Å². The van der Waals surface area contributed by atoms with Gasteiger partial charge in [-0.1, -0.05) is 24.3 Å². The van der Waals surface area contributed by atoms with Crippen molar-refractivity contribution < 1.29 is 18.3 Å². The van der Waals surface area contributed by atoms with Gasteiger partial charge in [0.25, 0.3) is 10.0 Å². The Hall–Kier alpha value is -1.86. The third-order valence-electron chi connectivity index (χ3n) is 2.83. The van der Waals surface area contributed by atoms with Crippen molar-refractivity contribution in [2.24, 2.45) is 0 Å². The number of hydrogen-bond donors (Lipinski definition) is 1. The number of rotatable bonds is 4. The van der Waals surface area contributed by atoms with Gasteiger partial charge in [-0.3, -0.25) is 4.72 Å². The van der Waals surface area contributed by atoms with E-state index in [1.165, 1.54) is 12.1 Å². The van der Waals surface area contributed by atoms with E-state index in [0.717, 1.165) is 6.07 Å². The first-order valence-electron chi connectivity index (χ1n) is 5.90. The van der Waals surface area contributed by atoms with E-state index in [1.54, 1.807) is 31.2 Å². The van der Waals surface area contributed by atoms with Crippen LogP contribution in [0.5, 0.6) is 0 Å². The van der Waals surface area contributed by atoms with E-state index in [-0.39, 0.29) is 10.5 Å². The number of benzene rings is 2. The summed E-state index contributed by atoms with van der Waals surface area (Å²) in [6, 6.07) is 10.6. The summed E-state index contributed by atoms with van der Waals surface area (Å²) in [5.41, 5.74) is 0.628. The van der Waals surface area contributed by atoms with E-state index in [2.05, 4.69) is 20.7 Å². The predicted molar refractivity (Wildman–Crippen MR) is 80.5 cm³/mol. The third-order valence-corrected chi connectivity index (χ3v) is 5.03. The maximum Gasteiger partial charge on any atom is 0.262 e. The minimum Gasteiger partial charge on any atom is -0.545 e. The SMILES string of the molecule is Cc1ccc(C(=O)[O-])cc1S(=O)(=O)Nc1ccccc1Br. The van der Waals surface area contributed by atoms with Crippen LogP contribution in [0.25, 0.3) is 0 Å². The van der Waals surface area contributed by atoms with E-state index in [9.17, 15) is 18.3 Å². The van der Waals surface area contributed by atoms with Crippen LogP contribution in [0, 0.1) is 6.92 Å². The summed E-state index contributed by atoms with van der Waals surface area (Å²) in [5, 5.41) is 10.9. The Morgan fingerprint density at radius 2 is 1.86 bits per heavy atom. The highest BCUT2D eigenvalue weighted by Crippen LogP contribution is 2.26. The highest BCUT2D eigenvalue weighted by molar-refractivity contribution is 9.10. The number of nitrogens with one attached hydrogen (secondary N) is 1. The molecule has 0 aliphatic carbocycles. The van der Waals surface area contributed by atoms with Crippen molar-refractivity contribution in [1.29, 1.82) is 0 Å². The minimum absolute atomic E-state index is 0.0973. The molecule has 0 heterocycles. The molecule has 0 fully saturated rings. The van der Waals surface area contributed by atoms with Crippen LogP contribution in [0.2, 0.25) is 0 Å². The average molecular weight is 369 g/mol. The molecular weight excluding hydrogens is 358 g/mol. The molecule has 0 amide bonds. The Morgan fingerprint density at radius 1 is 1.19 bits per heavy atom. The van der Waals surface area contributed by atoms with Crippen molar-refractivity contribution >= 4 is 37.6 Å². The molecular formula is C14H11BrNO4S-. The molecule has 0 unspecified atom stereocenters. The summed E-state index contributed by atoms with van der Waals surface area (Å²) in [6.07, 6.45) is 0. The number of sulfonamides is 1. The maximum absolute atomic E-state index is 12.4. The lowest BCUT2D eigenvalue weighted by atomic mass is 10.1. The monoisotopic (exact) mass is 368 g/mol. The molecule has 2 aromatic carbocycles. The van der Waals surface area contributed by atoms with Crippen LogP contribution in [0.3, 0.4) is 0 Å². The quantitative estimate of drug-likeness (QED) is 0.892. The number of aryl methyl sites for hydroxylation is 1. The molecule has 2 rings (SSSR count). The predicted octanol–water partition coefficient (Wildman–Crippen LogP) is 1.92. The molecule has 0 spiro atoms. The van der Waals surface area contributed by atoms with Gasteiger partial charge in [-0.2, -0.15) is 0 Å². The molecule has 0 saturated carbocycles. The Kier molecular flexibility index (Phi) is 4.34. The minimum atomic E-state index is -3.89. The fourth-order valence-electron chi connectivity index (χ4n) is 1.76. The van der Waals surface area contributed by atoms with Gasteiger partial charge >= 0.3 is 0 Å². The summed E-state index contributed by atoms with van der Waals surface area (Å²) in [6.45, 7) is 1.59. The molecule has 0 aliphatic heterocycles. The summed E-state index contributed by atoms with van der Waals surface area (Å²) in [4.78, 5) is 10.8. The fraction of sp³-hybridized carbons (Fsp3) is 0.0714. The van der Waals surface area contributed by atoms with Crippen molar-refractivity contribution in [3.05, 3.63) is 58.1 Å². The van der Waals surface area contributed by atoms with Crippen molar-refractivity contribution in [3.8, 4) is 0 Å². The first-order valence-corrected chi connectivity index (χ1v) is 8.18. The zero-order valence-corrected chi connectivity index (χ0v) is 13.4. The van der Waals surface area contributed by atoms with Crippen LogP contribution in [-0.2, 0) is 10.0 Å². The number of carboxylic acids is 1. The van der Waals surface area contributed by atoms with Crippen molar-refractivity contribution in [2.45, 2.75) is 11.8 Å². The van der Waals surface area contributed by atoms with Gasteiger partial charge in [0.05, 0.1) is 16.6 Å². The summed E-state index contributed by atoms with van der Waals surface area (Å²) in [5.74, 6) is -1.42. The maximum atomic E-state index is 12.4. The summed E-state index contributed by atoms with van der Waals surface area (Å²) < 4.78 is 27.8.